The van der Waals surface area contributed by atoms with Gasteiger partial charge >= 0.3 is 6.09 Å². The highest BCUT2D eigenvalue weighted by Gasteiger charge is 2.19. The molecule has 0 aliphatic heterocycles. The van der Waals surface area contributed by atoms with E-state index in [2.05, 4.69) is 11.9 Å². The average molecular weight is 314 g/mol. The van der Waals surface area contributed by atoms with Crippen LogP contribution in [0.1, 0.15) is 26.3 Å². The molecule has 0 aliphatic carbocycles. The molecule has 0 heterocycles. The lowest BCUT2D eigenvalue weighted by Crippen LogP contribution is -2.27. The minimum absolute atomic E-state index is 0.171. The first kappa shape index (κ1) is 17.2. The van der Waals surface area contributed by atoms with Gasteiger partial charge in [-0.05, 0) is 44.0 Å². The number of hydrogen-bond donors (Lipinski definition) is 2. The molecular weight excluding hydrogens is 294 g/mol. The van der Waals surface area contributed by atoms with Crippen LogP contribution >= 0.6 is 11.6 Å². The fourth-order valence-corrected chi connectivity index (χ4v) is 1.71. The molecule has 0 bridgehead atoms. The highest BCUT2D eigenvalue weighted by molar-refractivity contribution is 6.23. The summed E-state index contributed by atoms with van der Waals surface area (Å²) < 4.78 is 10.2. The van der Waals surface area contributed by atoms with Crippen molar-refractivity contribution in [1.82, 2.24) is 0 Å². The number of carbonyl (C=O) groups is 1. The molecule has 0 aliphatic rings. The Morgan fingerprint density at radius 1 is 1.43 bits per heavy atom. The molecule has 0 fully saturated rings. The van der Waals surface area contributed by atoms with Gasteiger partial charge in [0.25, 0.3) is 0 Å². The van der Waals surface area contributed by atoms with E-state index in [1.807, 2.05) is 0 Å². The summed E-state index contributed by atoms with van der Waals surface area (Å²) in [4.78, 5) is 11.8. The molecule has 0 spiro atoms. The summed E-state index contributed by atoms with van der Waals surface area (Å²) in [6, 6.07) is 3.16. The summed E-state index contributed by atoms with van der Waals surface area (Å²) in [5.74, 6) is 0.249. The van der Waals surface area contributed by atoms with Crippen LogP contribution in [0.5, 0.6) is 11.5 Å². The lowest BCUT2D eigenvalue weighted by atomic mass is 10.1. The van der Waals surface area contributed by atoms with Crippen molar-refractivity contribution < 1.29 is 19.4 Å². The molecule has 0 saturated carbocycles. The summed E-state index contributed by atoms with van der Waals surface area (Å²) >= 11 is 5.75. The predicted molar refractivity (Wildman–Crippen MR) is 84.3 cm³/mol. The standard InChI is InChI=1S/C15H20ClNO4/c1-9(8-16)10-6-11(13(18)12(7-10)20-5)17-14(19)21-15(2,3)4/h6-7,18H,1,8H2,2-5H3,(H,17,19). The Hall–Kier alpha value is -1.88. The quantitative estimate of drug-likeness (QED) is 0.651. The molecule has 0 atom stereocenters. The minimum Gasteiger partial charge on any atom is -0.503 e. The van der Waals surface area contributed by atoms with E-state index in [4.69, 9.17) is 21.1 Å². The first-order valence-corrected chi connectivity index (χ1v) is 6.86. The Kier molecular flexibility index (Phi) is 5.49. The van der Waals surface area contributed by atoms with Crippen LogP contribution in [0.3, 0.4) is 0 Å². The van der Waals surface area contributed by atoms with Crippen molar-refractivity contribution in [2.75, 3.05) is 18.3 Å². The van der Waals surface area contributed by atoms with Gasteiger partial charge in [0.15, 0.2) is 11.5 Å². The van der Waals surface area contributed by atoms with Crippen molar-refractivity contribution >= 4 is 29.0 Å². The van der Waals surface area contributed by atoms with Crippen molar-refractivity contribution in [1.29, 1.82) is 0 Å². The van der Waals surface area contributed by atoms with Crippen LogP contribution in [-0.2, 0) is 4.74 Å². The molecule has 6 heteroatoms. The number of amides is 1. The molecule has 0 unspecified atom stereocenters. The number of methoxy groups -OCH3 is 1. The van der Waals surface area contributed by atoms with E-state index in [1.54, 1.807) is 32.9 Å². The Balaban J connectivity index is 3.10. The number of rotatable bonds is 4. The first-order chi connectivity index (χ1) is 9.67. The number of carbonyl (C=O) groups excluding carboxylic acids is 1. The molecule has 1 aromatic carbocycles. The van der Waals surface area contributed by atoms with Gasteiger partial charge in [0.2, 0.25) is 0 Å². The summed E-state index contributed by atoms with van der Waals surface area (Å²) in [6.07, 6.45) is -0.673. The first-order valence-electron chi connectivity index (χ1n) is 6.33. The Morgan fingerprint density at radius 2 is 2.05 bits per heavy atom. The zero-order valence-electron chi connectivity index (χ0n) is 12.6. The van der Waals surface area contributed by atoms with E-state index in [9.17, 15) is 9.90 Å². The average Bonchev–Trinajstić information content (AvgIpc) is 2.37. The Bertz CT molecular complexity index is 549. The number of halogens is 1. The minimum atomic E-state index is -0.673. The lowest BCUT2D eigenvalue weighted by molar-refractivity contribution is 0.0635. The summed E-state index contributed by atoms with van der Waals surface area (Å²) in [5.41, 5.74) is 0.832. The van der Waals surface area contributed by atoms with E-state index in [0.717, 1.165) is 0 Å². The maximum Gasteiger partial charge on any atom is 0.412 e. The molecule has 2 N–H and O–H groups in total. The van der Waals surface area contributed by atoms with E-state index in [0.29, 0.717) is 11.1 Å². The van der Waals surface area contributed by atoms with Gasteiger partial charge in [-0.2, -0.15) is 0 Å². The molecular formula is C15H20ClNO4. The molecule has 0 saturated heterocycles. The number of hydrogen-bond acceptors (Lipinski definition) is 4. The van der Waals surface area contributed by atoms with Gasteiger partial charge in [0, 0.05) is 5.88 Å². The monoisotopic (exact) mass is 313 g/mol. The molecule has 1 aromatic rings. The Labute approximate surface area is 129 Å². The molecule has 1 amide bonds. The third kappa shape index (κ3) is 4.86. The van der Waals surface area contributed by atoms with Crippen molar-refractivity contribution in [3.63, 3.8) is 0 Å². The molecule has 0 aromatic heterocycles. The molecule has 0 radical (unpaired) electrons. The summed E-state index contributed by atoms with van der Waals surface area (Å²) in [6.45, 7) is 9.06. The van der Waals surface area contributed by atoms with Gasteiger partial charge in [-0.1, -0.05) is 6.58 Å². The zero-order chi connectivity index (χ0) is 16.2. The zero-order valence-corrected chi connectivity index (χ0v) is 13.4. The second-order valence-corrected chi connectivity index (χ2v) is 5.71. The van der Waals surface area contributed by atoms with Crippen molar-refractivity contribution in [3.05, 3.63) is 24.3 Å². The van der Waals surface area contributed by atoms with Crippen molar-refractivity contribution in [3.8, 4) is 11.5 Å². The van der Waals surface area contributed by atoms with E-state index in [-0.39, 0.29) is 23.1 Å². The van der Waals surface area contributed by atoms with Gasteiger partial charge in [-0.15, -0.1) is 11.6 Å². The van der Waals surface area contributed by atoms with Crippen LogP contribution < -0.4 is 10.1 Å². The third-order valence-corrected chi connectivity index (χ3v) is 2.82. The normalized spacial score (nSPS) is 10.9. The van der Waals surface area contributed by atoms with E-state index < -0.39 is 11.7 Å². The van der Waals surface area contributed by atoms with Crippen molar-refractivity contribution in [2.24, 2.45) is 0 Å². The second kappa shape index (κ2) is 6.72. The van der Waals surface area contributed by atoms with E-state index in [1.165, 1.54) is 7.11 Å². The summed E-state index contributed by atoms with van der Waals surface area (Å²) in [7, 11) is 1.42. The number of alkyl halides is 1. The maximum absolute atomic E-state index is 11.8. The van der Waals surface area contributed by atoms with Crippen LogP contribution in [0.15, 0.2) is 18.7 Å². The number of phenolic OH excluding ortho intramolecular Hbond substituents is 1. The second-order valence-electron chi connectivity index (χ2n) is 5.44. The van der Waals surface area contributed by atoms with Gasteiger partial charge in [-0.25, -0.2) is 4.79 Å². The fourth-order valence-electron chi connectivity index (χ4n) is 1.55. The third-order valence-electron chi connectivity index (χ3n) is 2.50. The predicted octanol–water partition coefficient (Wildman–Crippen LogP) is 4.00. The van der Waals surface area contributed by atoms with Gasteiger partial charge in [-0.3, -0.25) is 5.32 Å². The number of anilines is 1. The van der Waals surface area contributed by atoms with Gasteiger partial charge in [0.05, 0.1) is 12.8 Å². The topological polar surface area (TPSA) is 67.8 Å². The number of ether oxygens (including phenoxy) is 2. The number of nitrogens with one attached hydrogen (secondary N) is 1. The van der Waals surface area contributed by atoms with Gasteiger partial charge in [0.1, 0.15) is 5.60 Å². The SMILES string of the molecule is C=C(CCl)c1cc(NC(=O)OC(C)(C)C)c(O)c(OC)c1. The van der Waals surface area contributed by atoms with Crippen molar-refractivity contribution in [2.45, 2.75) is 26.4 Å². The molecule has 5 nitrogen and oxygen atoms in total. The highest BCUT2D eigenvalue weighted by atomic mass is 35.5. The Morgan fingerprint density at radius 3 is 2.52 bits per heavy atom. The van der Waals surface area contributed by atoms with Crippen LogP contribution in [0.4, 0.5) is 10.5 Å². The van der Waals surface area contributed by atoms with Gasteiger partial charge < -0.3 is 14.6 Å². The number of allylic oxidation sites excluding steroid dienone is 1. The van der Waals surface area contributed by atoms with Crippen LogP contribution in [0.2, 0.25) is 0 Å². The molecule has 21 heavy (non-hydrogen) atoms. The van der Waals surface area contributed by atoms with Crippen LogP contribution in [-0.4, -0.2) is 29.8 Å². The number of phenols is 1. The largest absolute Gasteiger partial charge is 0.503 e. The van der Waals surface area contributed by atoms with E-state index >= 15 is 0 Å². The summed E-state index contributed by atoms with van der Waals surface area (Å²) in [5, 5.41) is 12.5. The highest BCUT2D eigenvalue weighted by Crippen LogP contribution is 2.37. The number of benzene rings is 1. The molecule has 1 rings (SSSR count). The molecule has 116 valence electrons. The van der Waals surface area contributed by atoms with Crippen LogP contribution in [0.25, 0.3) is 5.57 Å². The maximum atomic E-state index is 11.8. The lowest BCUT2D eigenvalue weighted by Gasteiger charge is -2.20. The van der Waals surface area contributed by atoms with Crippen LogP contribution in [0, 0.1) is 0 Å². The number of aromatic hydroxyl groups is 1. The fraction of sp³-hybridized carbons (Fsp3) is 0.400. The smallest absolute Gasteiger partial charge is 0.412 e.